The van der Waals surface area contributed by atoms with E-state index in [0.29, 0.717) is 0 Å². The molecule has 1 heterocycles. The van der Waals surface area contributed by atoms with Gasteiger partial charge in [0, 0.05) is 18.3 Å². The topological polar surface area (TPSA) is 46.9 Å². The van der Waals surface area contributed by atoms with Crippen molar-refractivity contribution >= 4 is 5.91 Å². The van der Waals surface area contributed by atoms with Crippen molar-refractivity contribution in [3.8, 4) is 0 Å². The SMILES string of the molecule is Cc1nn(C)c(C)c1[C@H](C)C(=O)N[C@H]1CCCc2ccccc21. The zero-order valence-electron chi connectivity index (χ0n) is 14.4. The molecular formula is C19H25N3O. The average Bonchev–Trinajstić information content (AvgIpc) is 2.79. The maximum absolute atomic E-state index is 12.8. The molecule has 1 N–H and O–H groups in total. The van der Waals surface area contributed by atoms with Gasteiger partial charge in [-0.05, 0) is 51.2 Å². The molecule has 1 amide bonds. The van der Waals surface area contributed by atoms with Crippen molar-refractivity contribution < 1.29 is 4.79 Å². The molecule has 4 nitrogen and oxygen atoms in total. The zero-order valence-corrected chi connectivity index (χ0v) is 14.4. The van der Waals surface area contributed by atoms with Crippen molar-refractivity contribution in [1.82, 2.24) is 15.1 Å². The monoisotopic (exact) mass is 311 g/mol. The predicted molar refractivity (Wildman–Crippen MR) is 91.4 cm³/mol. The van der Waals surface area contributed by atoms with Gasteiger partial charge >= 0.3 is 0 Å². The molecule has 23 heavy (non-hydrogen) atoms. The van der Waals surface area contributed by atoms with E-state index in [1.165, 1.54) is 11.1 Å². The molecule has 0 saturated heterocycles. The smallest absolute Gasteiger partial charge is 0.227 e. The zero-order chi connectivity index (χ0) is 16.6. The fourth-order valence-electron chi connectivity index (χ4n) is 3.75. The molecule has 0 saturated carbocycles. The summed E-state index contributed by atoms with van der Waals surface area (Å²) in [5.41, 5.74) is 5.70. The second-order valence-electron chi connectivity index (χ2n) is 6.58. The van der Waals surface area contributed by atoms with Crippen molar-refractivity contribution in [3.63, 3.8) is 0 Å². The lowest BCUT2D eigenvalue weighted by Crippen LogP contribution is -2.34. The van der Waals surface area contributed by atoms with Crippen molar-refractivity contribution in [3.05, 3.63) is 52.3 Å². The fraction of sp³-hybridized carbons (Fsp3) is 0.474. The van der Waals surface area contributed by atoms with Crippen molar-refractivity contribution in [2.45, 2.75) is 52.0 Å². The highest BCUT2D eigenvalue weighted by molar-refractivity contribution is 5.84. The number of aromatic nitrogens is 2. The Hall–Kier alpha value is -2.10. The highest BCUT2D eigenvalue weighted by Crippen LogP contribution is 2.31. The summed E-state index contributed by atoms with van der Waals surface area (Å²) in [5.74, 6) is -0.0938. The average molecular weight is 311 g/mol. The number of nitrogens with one attached hydrogen (secondary N) is 1. The third-order valence-electron chi connectivity index (χ3n) is 5.08. The first kappa shape index (κ1) is 15.8. The molecule has 1 aliphatic rings. The standard InChI is InChI=1S/C19H25N3O/c1-12(18-13(2)21-22(4)14(18)3)19(23)20-17-11-7-9-15-8-5-6-10-16(15)17/h5-6,8,10,12,17H,7,9,11H2,1-4H3,(H,20,23)/t12-,17-/m0/s1. The third kappa shape index (κ3) is 2.90. The van der Waals surface area contributed by atoms with Gasteiger partial charge in [-0.15, -0.1) is 0 Å². The van der Waals surface area contributed by atoms with Crippen molar-refractivity contribution in [2.24, 2.45) is 7.05 Å². The summed E-state index contributed by atoms with van der Waals surface area (Å²) >= 11 is 0. The quantitative estimate of drug-likeness (QED) is 0.945. The minimum Gasteiger partial charge on any atom is -0.349 e. The number of carbonyl (C=O) groups excluding carboxylic acids is 1. The number of amides is 1. The molecule has 1 aromatic heterocycles. The van der Waals surface area contributed by atoms with Gasteiger partial charge in [-0.2, -0.15) is 5.10 Å². The van der Waals surface area contributed by atoms with Gasteiger partial charge in [0.05, 0.1) is 17.7 Å². The van der Waals surface area contributed by atoms with Gasteiger partial charge < -0.3 is 5.32 Å². The van der Waals surface area contributed by atoms with Gasteiger partial charge in [-0.25, -0.2) is 0 Å². The van der Waals surface area contributed by atoms with Gasteiger partial charge in [0.15, 0.2) is 0 Å². The lowest BCUT2D eigenvalue weighted by Gasteiger charge is -2.27. The first-order chi connectivity index (χ1) is 11.0. The Bertz CT molecular complexity index is 732. The highest BCUT2D eigenvalue weighted by Gasteiger charge is 2.27. The molecule has 1 aromatic carbocycles. The van der Waals surface area contributed by atoms with Crippen LogP contribution >= 0.6 is 0 Å². The van der Waals surface area contributed by atoms with E-state index in [1.807, 2.05) is 32.5 Å². The maximum Gasteiger partial charge on any atom is 0.227 e. The van der Waals surface area contributed by atoms with Crippen LogP contribution in [0.4, 0.5) is 0 Å². The number of rotatable bonds is 3. The normalized spacial score (nSPS) is 18.3. The summed E-state index contributed by atoms with van der Waals surface area (Å²) in [7, 11) is 1.92. The number of hydrogen-bond donors (Lipinski definition) is 1. The Morgan fingerprint density at radius 2 is 2.09 bits per heavy atom. The molecule has 1 aliphatic carbocycles. The van der Waals surface area contributed by atoms with Crippen LogP contribution in [-0.2, 0) is 18.3 Å². The van der Waals surface area contributed by atoms with Crippen LogP contribution in [0.5, 0.6) is 0 Å². The second-order valence-corrected chi connectivity index (χ2v) is 6.58. The number of fused-ring (bicyclic) bond motifs is 1. The van der Waals surface area contributed by atoms with E-state index in [1.54, 1.807) is 0 Å². The van der Waals surface area contributed by atoms with Crippen LogP contribution in [0.15, 0.2) is 24.3 Å². The number of hydrogen-bond acceptors (Lipinski definition) is 2. The van der Waals surface area contributed by atoms with E-state index >= 15 is 0 Å². The van der Waals surface area contributed by atoms with E-state index in [2.05, 4.69) is 34.7 Å². The highest BCUT2D eigenvalue weighted by atomic mass is 16.1. The molecule has 2 aromatic rings. The van der Waals surface area contributed by atoms with E-state index in [0.717, 1.165) is 36.2 Å². The van der Waals surface area contributed by atoms with Gasteiger partial charge in [0.2, 0.25) is 5.91 Å². The summed E-state index contributed by atoms with van der Waals surface area (Å²) < 4.78 is 1.85. The van der Waals surface area contributed by atoms with Gasteiger partial charge in [-0.3, -0.25) is 9.48 Å². The Morgan fingerprint density at radius 3 is 2.78 bits per heavy atom. The van der Waals surface area contributed by atoms with E-state index in [9.17, 15) is 4.79 Å². The van der Waals surface area contributed by atoms with E-state index in [4.69, 9.17) is 0 Å². The van der Waals surface area contributed by atoms with Crippen LogP contribution in [0, 0.1) is 13.8 Å². The molecule has 0 unspecified atom stereocenters. The predicted octanol–water partition coefficient (Wildman–Crippen LogP) is 3.33. The molecule has 0 radical (unpaired) electrons. The van der Waals surface area contributed by atoms with Gasteiger partial charge in [0.25, 0.3) is 0 Å². The Kier molecular flexibility index (Phi) is 4.24. The molecule has 0 bridgehead atoms. The Labute approximate surface area is 137 Å². The van der Waals surface area contributed by atoms with Gasteiger partial charge in [0.1, 0.15) is 0 Å². The Morgan fingerprint density at radius 1 is 1.35 bits per heavy atom. The van der Waals surface area contributed by atoms with Crippen molar-refractivity contribution in [1.29, 1.82) is 0 Å². The number of nitrogens with zero attached hydrogens (tertiary/aromatic N) is 2. The molecule has 0 spiro atoms. The molecule has 2 atom stereocenters. The van der Waals surface area contributed by atoms with E-state index < -0.39 is 0 Å². The molecule has 0 fully saturated rings. The number of benzene rings is 1. The fourth-order valence-corrected chi connectivity index (χ4v) is 3.75. The molecule has 4 heteroatoms. The van der Waals surface area contributed by atoms with Gasteiger partial charge in [-0.1, -0.05) is 24.3 Å². The van der Waals surface area contributed by atoms with Crippen LogP contribution in [0.2, 0.25) is 0 Å². The van der Waals surface area contributed by atoms with Crippen LogP contribution in [0.25, 0.3) is 0 Å². The summed E-state index contributed by atoms with van der Waals surface area (Å²) in [6.07, 6.45) is 3.25. The van der Waals surface area contributed by atoms with Crippen LogP contribution < -0.4 is 5.32 Å². The number of aryl methyl sites for hydroxylation is 3. The summed E-state index contributed by atoms with van der Waals surface area (Å²) in [6.45, 7) is 5.97. The van der Waals surface area contributed by atoms with Crippen LogP contribution in [-0.4, -0.2) is 15.7 Å². The van der Waals surface area contributed by atoms with Crippen molar-refractivity contribution in [2.75, 3.05) is 0 Å². The summed E-state index contributed by atoms with van der Waals surface area (Å²) in [4.78, 5) is 12.8. The first-order valence-corrected chi connectivity index (χ1v) is 8.37. The Balaban J connectivity index is 1.80. The molecule has 3 rings (SSSR count). The van der Waals surface area contributed by atoms with Crippen LogP contribution in [0.3, 0.4) is 0 Å². The second kappa shape index (κ2) is 6.19. The lowest BCUT2D eigenvalue weighted by molar-refractivity contribution is -0.123. The summed E-state index contributed by atoms with van der Waals surface area (Å²) in [5, 5.41) is 7.69. The lowest BCUT2D eigenvalue weighted by atomic mass is 9.87. The molecule has 122 valence electrons. The molecular weight excluding hydrogens is 286 g/mol. The third-order valence-corrected chi connectivity index (χ3v) is 5.08. The first-order valence-electron chi connectivity index (χ1n) is 8.37. The maximum atomic E-state index is 12.8. The largest absolute Gasteiger partial charge is 0.349 e. The minimum atomic E-state index is -0.183. The minimum absolute atomic E-state index is 0.0888. The van der Waals surface area contributed by atoms with Crippen LogP contribution in [0.1, 0.15) is 59.8 Å². The molecule has 0 aliphatic heterocycles. The number of carbonyl (C=O) groups is 1. The van der Waals surface area contributed by atoms with E-state index in [-0.39, 0.29) is 17.9 Å². The summed E-state index contributed by atoms with van der Waals surface area (Å²) in [6, 6.07) is 8.58.